The van der Waals surface area contributed by atoms with Gasteiger partial charge in [0.1, 0.15) is 10.9 Å². The molecular weight excluding hydrogens is 384 g/mol. The molecule has 3 aromatic rings. The van der Waals surface area contributed by atoms with Gasteiger partial charge in [0.25, 0.3) is 0 Å². The third-order valence-electron chi connectivity index (χ3n) is 4.14. The molecule has 1 heterocycles. The summed E-state index contributed by atoms with van der Waals surface area (Å²) < 4.78 is 24.3. The lowest BCUT2D eigenvalue weighted by Crippen LogP contribution is -2.12. The largest absolute Gasteiger partial charge is 0.395 e. The van der Waals surface area contributed by atoms with E-state index in [1.54, 1.807) is 23.9 Å². The lowest BCUT2D eigenvalue weighted by molar-refractivity contribution is 0.319. The van der Waals surface area contributed by atoms with Crippen molar-refractivity contribution in [3.8, 4) is 0 Å². The highest BCUT2D eigenvalue weighted by molar-refractivity contribution is 8.04. The second-order valence-corrected chi connectivity index (χ2v) is 11.0. The normalized spacial score (nSPS) is 13.9. The highest BCUT2D eigenvalue weighted by Gasteiger charge is 2.37. The quantitative estimate of drug-likeness (QED) is 0.525. The minimum atomic E-state index is -3.43. The predicted molar refractivity (Wildman–Crippen MR) is 105 cm³/mol. The van der Waals surface area contributed by atoms with Crippen molar-refractivity contribution >= 4 is 32.5 Å². The van der Waals surface area contributed by atoms with Crippen molar-refractivity contribution < 1.29 is 13.5 Å². The fourth-order valence-electron chi connectivity index (χ4n) is 2.92. The van der Waals surface area contributed by atoms with E-state index in [4.69, 9.17) is 5.11 Å². The Balaban J connectivity index is 1.81. The van der Waals surface area contributed by atoms with Gasteiger partial charge >= 0.3 is 0 Å². The van der Waals surface area contributed by atoms with Crippen molar-refractivity contribution in [2.24, 2.45) is 0 Å². The lowest BCUT2D eigenvalue weighted by atomic mass is 10.3. The SMILES string of the molecule is O=S(=O)(CCO)c1ccc([S+]2c3ccccc3Sc3ccccc32)cc1. The van der Waals surface area contributed by atoms with Crippen molar-refractivity contribution in [3.63, 3.8) is 0 Å². The van der Waals surface area contributed by atoms with E-state index in [0.717, 1.165) is 4.90 Å². The Hall–Kier alpha value is -1.73. The first-order valence-corrected chi connectivity index (χ1v) is 11.8. The summed E-state index contributed by atoms with van der Waals surface area (Å²) in [4.78, 5) is 6.36. The molecular formula is C20H17O3S3+. The van der Waals surface area contributed by atoms with Crippen molar-refractivity contribution in [3.05, 3.63) is 72.8 Å². The van der Waals surface area contributed by atoms with Gasteiger partial charge in [-0.3, -0.25) is 0 Å². The Bertz CT molecular complexity index is 998. The zero-order chi connectivity index (χ0) is 18.1. The van der Waals surface area contributed by atoms with E-state index in [-0.39, 0.29) is 28.2 Å². The number of hydrogen-bond acceptors (Lipinski definition) is 4. The molecule has 0 saturated heterocycles. The van der Waals surface area contributed by atoms with Crippen LogP contribution in [0.1, 0.15) is 0 Å². The molecule has 0 radical (unpaired) electrons. The van der Waals surface area contributed by atoms with Crippen LogP contribution in [-0.4, -0.2) is 25.9 Å². The summed E-state index contributed by atoms with van der Waals surface area (Å²) in [6, 6.07) is 23.9. The molecule has 4 rings (SSSR count). The molecule has 0 amide bonds. The van der Waals surface area contributed by atoms with Crippen molar-refractivity contribution in [2.45, 2.75) is 29.4 Å². The first-order chi connectivity index (χ1) is 12.6. The zero-order valence-corrected chi connectivity index (χ0v) is 16.3. The molecule has 1 aliphatic rings. The number of hydrogen-bond donors (Lipinski definition) is 1. The van der Waals surface area contributed by atoms with Crippen LogP contribution in [0.15, 0.2) is 102 Å². The average molecular weight is 402 g/mol. The Morgan fingerprint density at radius 3 is 1.88 bits per heavy atom. The van der Waals surface area contributed by atoms with Crippen molar-refractivity contribution in [2.75, 3.05) is 12.4 Å². The minimum absolute atomic E-state index is 0.250. The monoisotopic (exact) mass is 401 g/mol. The maximum atomic E-state index is 12.2. The van der Waals surface area contributed by atoms with Crippen LogP contribution in [-0.2, 0) is 20.7 Å². The number of aliphatic hydroxyl groups excluding tert-OH is 1. The topological polar surface area (TPSA) is 54.4 Å². The molecule has 1 N–H and O–H groups in total. The van der Waals surface area contributed by atoms with Crippen LogP contribution >= 0.6 is 11.8 Å². The maximum absolute atomic E-state index is 12.2. The summed E-state index contributed by atoms with van der Waals surface area (Å²) >= 11 is 1.78. The van der Waals surface area contributed by atoms with Crippen molar-refractivity contribution in [1.82, 2.24) is 0 Å². The highest BCUT2D eigenvalue weighted by Crippen LogP contribution is 2.48. The van der Waals surface area contributed by atoms with E-state index >= 15 is 0 Å². The average Bonchev–Trinajstić information content (AvgIpc) is 2.66. The van der Waals surface area contributed by atoms with E-state index in [1.807, 2.05) is 36.4 Å². The van der Waals surface area contributed by atoms with Gasteiger partial charge in [-0.2, -0.15) is 0 Å². The van der Waals surface area contributed by atoms with Gasteiger partial charge in [0, 0.05) is 0 Å². The molecule has 0 aromatic heterocycles. The van der Waals surface area contributed by atoms with Gasteiger partial charge in [-0.25, -0.2) is 8.42 Å². The Morgan fingerprint density at radius 1 is 0.808 bits per heavy atom. The van der Waals surface area contributed by atoms with Gasteiger partial charge in [-0.15, -0.1) is 0 Å². The van der Waals surface area contributed by atoms with Crippen molar-refractivity contribution in [1.29, 1.82) is 0 Å². The summed E-state index contributed by atoms with van der Waals surface area (Å²) in [6.45, 7) is -0.369. The number of rotatable bonds is 4. The Kier molecular flexibility index (Phi) is 4.84. The minimum Gasteiger partial charge on any atom is -0.395 e. The highest BCUT2D eigenvalue weighted by atomic mass is 32.2. The fourth-order valence-corrected chi connectivity index (χ4v) is 7.68. The summed E-state index contributed by atoms with van der Waals surface area (Å²) in [6.07, 6.45) is 0. The predicted octanol–water partition coefficient (Wildman–Crippen LogP) is 4.01. The molecule has 0 spiro atoms. The van der Waals surface area contributed by atoms with E-state index in [2.05, 4.69) is 24.3 Å². The van der Waals surface area contributed by atoms with E-state index in [1.165, 1.54) is 19.6 Å². The number of fused-ring (bicyclic) bond motifs is 2. The molecule has 3 nitrogen and oxygen atoms in total. The second kappa shape index (κ2) is 7.12. The van der Waals surface area contributed by atoms with E-state index in [9.17, 15) is 8.42 Å². The van der Waals surface area contributed by atoms with Crippen LogP contribution in [0.3, 0.4) is 0 Å². The maximum Gasteiger partial charge on any atom is 0.180 e. The number of benzene rings is 3. The van der Waals surface area contributed by atoms with Crippen LogP contribution < -0.4 is 0 Å². The molecule has 132 valence electrons. The third kappa shape index (κ3) is 3.18. The molecule has 26 heavy (non-hydrogen) atoms. The van der Waals surface area contributed by atoms with Crippen LogP contribution in [0.25, 0.3) is 0 Å². The number of sulfone groups is 1. The van der Waals surface area contributed by atoms with E-state index in [0.29, 0.717) is 0 Å². The first-order valence-electron chi connectivity index (χ1n) is 8.14. The second-order valence-electron chi connectivity index (χ2n) is 5.82. The van der Waals surface area contributed by atoms with Crippen LogP contribution in [0.2, 0.25) is 0 Å². The molecule has 0 fully saturated rings. The van der Waals surface area contributed by atoms with Gasteiger partial charge in [-0.05, 0) is 48.5 Å². The smallest absolute Gasteiger partial charge is 0.180 e. The van der Waals surface area contributed by atoms with Crippen LogP contribution in [0, 0.1) is 0 Å². The third-order valence-corrected chi connectivity index (χ3v) is 9.59. The molecule has 0 atom stereocenters. The summed E-state index contributed by atoms with van der Waals surface area (Å²) in [5.41, 5.74) is 0. The molecule has 6 heteroatoms. The summed E-state index contributed by atoms with van der Waals surface area (Å²) in [5, 5.41) is 8.96. The van der Waals surface area contributed by atoms with Crippen LogP contribution in [0.4, 0.5) is 0 Å². The standard InChI is InChI=1S/C20H17O3S3/c21-13-14-26(22,23)16-11-9-15(10-12-16)25-19-7-3-1-5-17(19)24-18-6-2-4-8-20(18)25/h1-12,21H,13-14H2/q+1. The number of aliphatic hydroxyl groups is 1. The molecule has 0 aliphatic carbocycles. The van der Waals surface area contributed by atoms with Gasteiger partial charge in [0.05, 0.1) is 27.0 Å². The molecule has 0 bridgehead atoms. The lowest BCUT2D eigenvalue weighted by Gasteiger charge is -2.18. The van der Waals surface area contributed by atoms with Gasteiger partial charge in [-0.1, -0.05) is 36.0 Å². The Labute approximate surface area is 160 Å². The van der Waals surface area contributed by atoms with Gasteiger partial charge < -0.3 is 5.11 Å². The molecule has 0 unspecified atom stereocenters. The summed E-state index contributed by atoms with van der Waals surface area (Å²) in [7, 11) is -3.69. The first kappa shape index (κ1) is 17.7. The van der Waals surface area contributed by atoms with E-state index < -0.39 is 9.84 Å². The van der Waals surface area contributed by atoms with Gasteiger partial charge in [0.15, 0.2) is 24.5 Å². The molecule has 3 aromatic carbocycles. The van der Waals surface area contributed by atoms with Crippen LogP contribution in [0.5, 0.6) is 0 Å². The summed E-state index contributed by atoms with van der Waals surface area (Å²) in [5.74, 6) is -0.250. The molecule has 0 saturated carbocycles. The Morgan fingerprint density at radius 2 is 1.35 bits per heavy atom. The zero-order valence-electron chi connectivity index (χ0n) is 13.8. The fraction of sp³-hybridized carbons (Fsp3) is 0.100. The molecule has 1 aliphatic heterocycles. The van der Waals surface area contributed by atoms with Gasteiger partial charge in [0.2, 0.25) is 0 Å².